The van der Waals surface area contributed by atoms with E-state index in [0.29, 0.717) is 12.4 Å². The van der Waals surface area contributed by atoms with E-state index in [2.05, 4.69) is 0 Å². The van der Waals surface area contributed by atoms with Crippen LogP contribution in [0.5, 0.6) is 11.5 Å². The molecule has 7 heteroatoms. The van der Waals surface area contributed by atoms with Crippen molar-refractivity contribution in [1.82, 2.24) is 0 Å². The Morgan fingerprint density at radius 1 is 1.50 bits per heavy atom. The molecule has 1 saturated heterocycles. The second kappa shape index (κ2) is 6.53. The third kappa shape index (κ3) is 3.17. The average molecular weight is 283 g/mol. The Hall–Kier alpha value is -1.86. The molecule has 20 heavy (non-hydrogen) atoms. The van der Waals surface area contributed by atoms with Crippen molar-refractivity contribution in [1.29, 1.82) is 0 Å². The van der Waals surface area contributed by atoms with E-state index in [9.17, 15) is 10.1 Å². The minimum atomic E-state index is -0.552. The first-order chi connectivity index (χ1) is 9.65. The highest BCUT2D eigenvalue weighted by molar-refractivity contribution is 5.54. The van der Waals surface area contributed by atoms with Crippen LogP contribution in [0.3, 0.4) is 0 Å². The van der Waals surface area contributed by atoms with Gasteiger partial charge < -0.3 is 19.3 Å². The zero-order chi connectivity index (χ0) is 14.5. The van der Waals surface area contributed by atoms with Gasteiger partial charge in [-0.05, 0) is 18.9 Å². The Morgan fingerprint density at radius 2 is 2.30 bits per heavy atom. The van der Waals surface area contributed by atoms with Gasteiger partial charge in [0.15, 0.2) is 11.5 Å². The van der Waals surface area contributed by atoms with Crippen LogP contribution in [0, 0.1) is 10.1 Å². The fourth-order valence-corrected chi connectivity index (χ4v) is 2.12. The number of aliphatic hydroxyl groups excluding tert-OH is 1. The summed E-state index contributed by atoms with van der Waals surface area (Å²) in [5.41, 5.74) is 0.00644. The summed E-state index contributed by atoms with van der Waals surface area (Å²) in [6.07, 6.45) is 1.92. The fourth-order valence-electron chi connectivity index (χ4n) is 2.12. The molecule has 1 atom stereocenters. The monoisotopic (exact) mass is 283 g/mol. The van der Waals surface area contributed by atoms with Gasteiger partial charge in [0, 0.05) is 6.61 Å². The molecular formula is C13H17NO6. The molecule has 1 aliphatic heterocycles. The summed E-state index contributed by atoms with van der Waals surface area (Å²) in [6, 6.07) is 2.70. The van der Waals surface area contributed by atoms with Gasteiger partial charge in [0.1, 0.15) is 6.61 Å². The van der Waals surface area contributed by atoms with Gasteiger partial charge in [0.25, 0.3) is 5.69 Å². The third-order valence-electron chi connectivity index (χ3n) is 3.18. The Balaban J connectivity index is 2.20. The standard InChI is InChI=1S/C13H17NO6/c1-18-12-5-9(7-15)11(14(16)17)6-13(12)20-8-10-3-2-4-19-10/h5-6,10,15H,2-4,7-8H2,1H3. The molecule has 1 N–H and O–H groups in total. The molecule has 0 amide bonds. The van der Waals surface area contributed by atoms with E-state index in [1.54, 1.807) is 0 Å². The maximum atomic E-state index is 11.0. The van der Waals surface area contributed by atoms with Crippen molar-refractivity contribution >= 4 is 5.69 Å². The van der Waals surface area contributed by atoms with Gasteiger partial charge in [-0.25, -0.2) is 0 Å². The van der Waals surface area contributed by atoms with E-state index in [-0.39, 0.29) is 23.1 Å². The highest BCUT2D eigenvalue weighted by atomic mass is 16.6. The van der Waals surface area contributed by atoms with Crippen molar-refractivity contribution in [2.45, 2.75) is 25.6 Å². The molecule has 1 aromatic rings. The lowest BCUT2D eigenvalue weighted by Crippen LogP contribution is -2.16. The smallest absolute Gasteiger partial charge is 0.278 e. The van der Waals surface area contributed by atoms with Crippen LogP contribution in [0.1, 0.15) is 18.4 Å². The van der Waals surface area contributed by atoms with Gasteiger partial charge in [-0.3, -0.25) is 10.1 Å². The summed E-state index contributed by atoms with van der Waals surface area (Å²) >= 11 is 0. The first kappa shape index (κ1) is 14.5. The van der Waals surface area contributed by atoms with Crippen LogP contribution in [0.25, 0.3) is 0 Å². The molecular weight excluding hydrogens is 266 g/mol. The summed E-state index contributed by atoms with van der Waals surface area (Å²) in [5, 5.41) is 20.1. The number of methoxy groups -OCH3 is 1. The van der Waals surface area contributed by atoms with Crippen molar-refractivity contribution in [3.05, 3.63) is 27.8 Å². The van der Waals surface area contributed by atoms with Crippen LogP contribution >= 0.6 is 0 Å². The lowest BCUT2D eigenvalue weighted by atomic mass is 10.1. The topological polar surface area (TPSA) is 91.1 Å². The lowest BCUT2D eigenvalue weighted by Gasteiger charge is -2.14. The highest BCUT2D eigenvalue weighted by Gasteiger charge is 2.21. The van der Waals surface area contributed by atoms with Crippen LogP contribution < -0.4 is 9.47 Å². The minimum Gasteiger partial charge on any atom is -0.493 e. The Kier molecular flexibility index (Phi) is 4.75. The van der Waals surface area contributed by atoms with Crippen LogP contribution in [0.2, 0.25) is 0 Å². The van der Waals surface area contributed by atoms with Crippen molar-refractivity contribution in [3.8, 4) is 11.5 Å². The molecule has 2 rings (SSSR count). The number of nitrogens with zero attached hydrogens (tertiary/aromatic N) is 1. The molecule has 0 aromatic heterocycles. The lowest BCUT2D eigenvalue weighted by molar-refractivity contribution is -0.386. The van der Waals surface area contributed by atoms with Gasteiger partial charge >= 0.3 is 0 Å². The second-order valence-electron chi connectivity index (χ2n) is 4.49. The van der Waals surface area contributed by atoms with Gasteiger partial charge in [0.2, 0.25) is 0 Å². The molecule has 1 unspecified atom stereocenters. The zero-order valence-electron chi connectivity index (χ0n) is 11.2. The number of nitro groups is 1. The first-order valence-electron chi connectivity index (χ1n) is 6.36. The summed E-state index contributed by atoms with van der Waals surface area (Å²) < 4.78 is 16.1. The predicted octanol–water partition coefficient (Wildman–Crippen LogP) is 1.65. The quantitative estimate of drug-likeness (QED) is 0.630. The largest absolute Gasteiger partial charge is 0.493 e. The molecule has 1 aromatic carbocycles. The van der Waals surface area contributed by atoms with Crippen molar-refractivity contribution in [2.24, 2.45) is 0 Å². The summed E-state index contributed by atoms with van der Waals surface area (Å²) in [5.74, 6) is 0.643. The second-order valence-corrected chi connectivity index (χ2v) is 4.49. The van der Waals surface area contributed by atoms with E-state index in [4.69, 9.17) is 19.3 Å². The number of hydrogen-bond donors (Lipinski definition) is 1. The molecule has 0 spiro atoms. The number of rotatable bonds is 6. The average Bonchev–Trinajstić information content (AvgIpc) is 2.97. The maximum Gasteiger partial charge on any atom is 0.278 e. The molecule has 1 heterocycles. The Morgan fingerprint density at radius 3 is 2.85 bits per heavy atom. The normalized spacial score (nSPS) is 18.0. The maximum absolute atomic E-state index is 11.0. The highest BCUT2D eigenvalue weighted by Crippen LogP contribution is 2.35. The molecule has 0 bridgehead atoms. The zero-order valence-corrected chi connectivity index (χ0v) is 11.2. The number of benzene rings is 1. The van der Waals surface area contributed by atoms with Crippen LogP contribution in [0.15, 0.2) is 12.1 Å². The molecule has 0 radical (unpaired) electrons. The molecule has 0 aliphatic carbocycles. The molecule has 110 valence electrons. The number of ether oxygens (including phenoxy) is 3. The third-order valence-corrected chi connectivity index (χ3v) is 3.18. The van der Waals surface area contributed by atoms with E-state index < -0.39 is 11.5 Å². The van der Waals surface area contributed by atoms with E-state index >= 15 is 0 Å². The fraction of sp³-hybridized carbons (Fsp3) is 0.538. The Labute approximate surface area is 116 Å². The number of aliphatic hydroxyl groups is 1. The SMILES string of the molecule is COc1cc(CO)c([N+](=O)[O-])cc1OCC1CCCO1. The summed E-state index contributed by atoms with van der Waals surface area (Å²) in [4.78, 5) is 10.4. The number of nitro benzene ring substituents is 1. The summed E-state index contributed by atoms with van der Waals surface area (Å²) in [6.45, 7) is 0.611. The van der Waals surface area contributed by atoms with Crippen molar-refractivity contribution < 1.29 is 24.2 Å². The minimum absolute atomic E-state index is 0.0104. The van der Waals surface area contributed by atoms with Gasteiger partial charge in [0.05, 0.1) is 36.4 Å². The van der Waals surface area contributed by atoms with Crippen molar-refractivity contribution in [2.75, 3.05) is 20.3 Å². The van der Waals surface area contributed by atoms with Gasteiger partial charge in [-0.1, -0.05) is 0 Å². The summed E-state index contributed by atoms with van der Waals surface area (Å²) in [7, 11) is 1.45. The van der Waals surface area contributed by atoms with Crippen LogP contribution in [-0.2, 0) is 11.3 Å². The van der Waals surface area contributed by atoms with E-state index in [0.717, 1.165) is 19.4 Å². The predicted molar refractivity (Wildman–Crippen MR) is 70.0 cm³/mol. The van der Waals surface area contributed by atoms with Crippen LogP contribution in [-0.4, -0.2) is 36.5 Å². The molecule has 1 aliphatic rings. The molecule has 1 fully saturated rings. The Bertz CT molecular complexity index is 484. The number of hydrogen-bond acceptors (Lipinski definition) is 6. The van der Waals surface area contributed by atoms with E-state index in [1.807, 2.05) is 0 Å². The van der Waals surface area contributed by atoms with Crippen LogP contribution in [0.4, 0.5) is 5.69 Å². The molecule has 0 saturated carbocycles. The van der Waals surface area contributed by atoms with Crippen molar-refractivity contribution in [3.63, 3.8) is 0 Å². The van der Waals surface area contributed by atoms with Gasteiger partial charge in [-0.15, -0.1) is 0 Å². The van der Waals surface area contributed by atoms with E-state index in [1.165, 1.54) is 19.2 Å². The first-order valence-corrected chi connectivity index (χ1v) is 6.36. The van der Waals surface area contributed by atoms with Gasteiger partial charge in [-0.2, -0.15) is 0 Å². The molecule has 7 nitrogen and oxygen atoms in total.